The van der Waals surface area contributed by atoms with Gasteiger partial charge in [-0.2, -0.15) is 0 Å². The first-order valence-electron chi connectivity index (χ1n) is 20.5. The molecule has 0 aromatic heterocycles. The molecule has 0 heterocycles. The van der Waals surface area contributed by atoms with E-state index in [0.29, 0.717) is 5.41 Å². The van der Waals surface area contributed by atoms with Crippen LogP contribution in [0.3, 0.4) is 0 Å². The first-order chi connectivity index (χ1) is 25.7. The van der Waals surface area contributed by atoms with Gasteiger partial charge in [0.25, 0.3) is 0 Å². The highest BCUT2D eigenvalue weighted by Gasteiger charge is 2.84. The zero-order valence-corrected chi connectivity index (χ0v) is 31.6. The molecule has 2 spiro atoms. The fourth-order valence-corrected chi connectivity index (χ4v) is 14.0. The minimum absolute atomic E-state index is 0.0710. The van der Waals surface area contributed by atoms with Crippen molar-refractivity contribution in [3.05, 3.63) is 150 Å². The molecule has 6 unspecified atom stereocenters. The van der Waals surface area contributed by atoms with Crippen LogP contribution in [0, 0.1) is 29.1 Å². The average Bonchev–Trinajstić information content (AvgIpc) is 3.81. The molecule has 1 nitrogen and oxygen atoms in total. The molecule has 6 aromatic carbocycles. The number of hydrogen-bond donors (Lipinski definition) is 0. The van der Waals surface area contributed by atoms with Gasteiger partial charge in [-0.25, -0.2) is 0 Å². The molecular weight excluding hydrogens is 639 g/mol. The van der Waals surface area contributed by atoms with E-state index >= 15 is 0 Å². The van der Waals surface area contributed by atoms with Crippen LogP contribution >= 0.6 is 0 Å². The monoisotopic (exact) mass is 687 g/mol. The molecule has 2 bridgehead atoms. The second kappa shape index (κ2) is 10.1. The summed E-state index contributed by atoms with van der Waals surface area (Å²) in [5.74, 6) is 3.64. The third-order valence-corrected chi connectivity index (χ3v) is 16.2. The zero-order chi connectivity index (χ0) is 35.5. The van der Waals surface area contributed by atoms with Gasteiger partial charge >= 0.3 is 0 Å². The van der Waals surface area contributed by atoms with E-state index in [4.69, 9.17) is 0 Å². The van der Waals surface area contributed by atoms with Crippen molar-refractivity contribution in [2.45, 2.75) is 82.5 Å². The number of rotatable bonds is 4. The molecule has 0 amide bonds. The fourth-order valence-electron chi connectivity index (χ4n) is 14.0. The number of nitrogens with zero attached hydrogens (tertiary/aromatic N) is 1. The van der Waals surface area contributed by atoms with Gasteiger partial charge in [0.05, 0.1) is 11.4 Å². The van der Waals surface area contributed by atoms with Crippen LogP contribution in [0.1, 0.15) is 88.5 Å². The normalized spacial score (nSPS) is 29.9. The fraction of sp³-hybridized carbons (Fsp3) is 0.346. The lowest BCUT2D eigenvalue weighted by Crippen LogP contribution is -2.73. The van der Waals surface area contributed by atoms with Crippen LogP contribution in [-0.4, -0.2) is 0 Å². The highest BCUT2D eigenvalue weighted by Crippen LogP contribution is 2.89. The molecule has 0 aliphatic heterocycles. The number of benzene rings is 6. The van der Waals surface area contributed by atoms with Gasteiger partial charge in [0, 0.05) is 16.5 Å². The Kier molecular flexibility index (Phi) is 5.88. The molecule has 6 aromatic rings. The standard InChI is InChI=1S/C52H49N/c1-49(2)25-26-50(3,4)48-42(49)16-10-18-45(48)53(44-17-9-12-34-11-5-6-13-38(34)44)37-22-19-33(20-23-37)35-21-24-40-39-14-7-8-15-41(39)52(43(40)29-35)46-28-32-27-36-30-47(52)51(36,46)31-32/h5-24,29,32,36,46-47H,25-28,30-31H2,1-4H3. The van der Waals surface area contributed by atoms with Gasteiger partial charge in [0.15, 0.2) is 0 Å². The summed E-state index contributed by atoms with van der Waals surface area (Å²) in [5, 5.41) is 2.56. The summed E-state index contributed by atoms with van der Waals surface area (Å²) in [7, 11) is 0. The van der Waals surface area contributed by atoms with E-state index < -0.39 is 0 Å². The van der Waals surface area contributed by atoms with Crippen molar-refractivity contribution < 1.29 is 0 Å². The summed E-state index contributed by atoms with van der Waals surface area (Å²) >= 11 is 0. The largest absolute Gasteiger partial charge is 0.310 e. The van der Waals surface area contributed by atoms with E-state index in [1.807, 2.05) is 0 Å². The van der Waals surface area contributed by atoms with E-state index in [9.17, 15) is 0 Å². The van der Waals surface area contributed by atoms with E-state index in [1.165, 1.54) is 99.7 Å². The van der Waals surface area contributed by atoms with Gasteiger partial charge in [-0.15, -0.1) is 0 Å². The maximum absolute atomic E-state index is 2.64. The Morgan fingerprint density at radius 3 is 2.09 bits per heavy atom. The van der Waals surface area contributed by atoms with Crippen LogP contribution in [-0.2, 0) is 16.2 Å². The molecule has 6 atom stereocenters. The SMILES string of the molecule is CC1(C)CCC(C)(C)c2c(N(c3ccc(-c4ccc5c(c4)C4(c6ccccc6-5)C5CC6CC7CC4C75C6)cc3)c3cccc4ccccc34)cccc21. The first-order valence-corrected chi connectivity index (χ1v) is 20.5. The number of anilines is 3. The lowest BCUT2D eigenvalue weighted by molar-refractivity contribution is -0.231. The average molecular weight is 688 g/mol. The van der Waals surface area contributed by atoms with Crippen LogP contribution in [0.5, 0.6) is 0 Å². The summed E-state index contributed by atoms with van der Waals surface area (Å²) in [6.45, 7) is 9.78. The predicted octanol–water partition coefficient (Wildman–Crippen LogP) is 13.7. The van der Waals surface area contributed by atoms with E-state index in [-0.39, 0.29) is 16.2 Å². The zero-order valence-electron chi connectivity index (χ0n) is 31.6. The highest BCUT2D eigenvalue weighted by atomic mass is 15.1. The van der Waals surface area contributed by atoms with Crippen molar-refractivity contribution in [1.82, 2.24) is 0 Å². The summed E-state index contributed by atoms with van der Waals surface area (Å²) in [5.41, 5.74) is 16.8. The molecule has 0 saturated heterocycles. The molecule has 4 saturated carbocycles. The van der Waals surface area contributed by atoms with Crippen LogP contribution in [0.4, 0.5) is 17.1 Å². The van der Waals surface area contributed by atoms with Crippen LogP contribution in [0.15, 0.2) is 127 Å². The van der Waals surface area contributed by atoms with E-state index in [2.05, 4.69) is 160 Å². The van der Waals surface area contributed by atoms with Crippen molar-refractivity contribution in [3.8, 4) is 22.3 Å². The Morgan fingerprint density at radius 1 is 0.547 bits per heavy atom. The molecule has 1 heteroatoms. The van der Waals surface area contributed by atoms with Crippen molar-refractivity contribution in [1.29, 1.82) is 0 Å². The van der Waals surface area contributed by atoms with Gasteiger partial charge in [0.1, 0.15) is 0 Å². The van der Waals surface area contributed by atoms with Gasteiger partial charge in [-0.3, -0.25) is 0 Å². The van der Waals surface area contributed by atoms with Gasteiger partial charge < -0.3 is 4.90 Å². The smallest absolute Gasteiger partial charge is 0.0540 e. The quantitative estimate of drug-likeness (QED) is 0.178. The molecule has 4 fully saturated rings. The van der Waals surface area contributed by atoms with Crippen LogP contribution < -0.4 is 4.90 Å². The van der Waals surface area contributed by atoms with Gasteiger partial charge in [0.2, 0.25) is 0 Å². The minimum atomic E-state index is 0.0710. The van der Waals surface area contributed by atoms with Crippen LogP contribution in [0.25, 0.3) is 33.0 Å². The molecule has 262 valence electrons. The van der Waals surface area contributed by atoms with Gasteiger partial charge in [-0.05, 0) is 159 Å². The van der Waals surface area contributed by atoms with Gasteiger partial charge in [-0.1, -0.05) is 125 Å². The van der Waals surface area contributed by atoms with Crippen molar-refractivity contribution in [2.24, 2.45) is 29.1 Å². The molecule has 0 radical (unpaired) electrons. The third kappa shape index (κ3) is 3.70. The van der Waals surface area contributed by atoms with Crippen molar-refractivity contribution >= 4 is 27.8 Å². The Labute approximate surface area is 315 Å². The van der Waals surface area contributed by atoms with E-state index in [0.717, 1.165) is 23.7 Å². The lowest BCUT2D eigenvalue weighted by atomic mass is 9.27. The van der Waals surface area contributed by atoms with Crippen molar-refractivity contribution in [2.75, 3.05) is 4.90 Å². The molecular formula is C52H49N. The Bertz CT molecular complexity index is 2510. The highest BCUT2D eigenvalue weighted by molar-refractivity contribution is 5.99. The summed E-state index contributed by atoms with van der Waals surface area (Å²) in [6, 6.07) is 49.3. The molecule has 6 aliphatic rings. The lowest BCUT2D eigenvalue weighted by Gasteiger charge is -2.76. The summed E-state index contributed by atoms with van der Waals surface area (Å²) in [4.78, 5) is 2.57. The van der Waals surface area contributed by atoms with Crippen molar-refractivity contribution in [3.63, 3.8) is 0 Å². The summed E-state index contributed by atoms with van der Waals surface area (Å²) in [6.07, 6.45) is 8.30. The topological polar surface area (TPSA) is 3.24 Å². The minimum Gasteiger partial charge on any atom is -0.310 e. The second-order valence-corrected chi connectivity index (χ2v) is 19.2. The maximum Gasteiger partial charge on any atom is 0.0540 e. The Balaban J connectivity index is 1.000. The Morgan fingerprint density at radius 2 is 1.23 bits per heavy atom. The molecule has 6 aliphatic carbocycles. The second-order valence-electron chi connectivity index (χ2n) is 19.2. The Hall–Kier alpha value is -4.62. The predicted molar refractivity (Wildman–Crippen MR) is 220 cm³/mol. The summed E-state index contributed by atoms with van der Waals surface area (Å²) < 4.78 is 0. The first kappa shape index (κ1) is 30.8. The number of hydrogen-bond acceptors (Lipinski definition) is 1. The molecule has 0 N–H and O–H groups in total. The number of fused-ring (bicyclic) bond motifs is 10. The molecule has 12 rings (SSSR count). The van der Waals surface area contributed by atoms with Crippen LogP contribution in [0.2, 0.25) is 0 Å². The van der Waals surface area contributed by atoms with E-state index in [1.54, 1.807) is 11.1 Å². The third-order valence-electron chi connectivity index (χ3n) is 16.2. The maximum atomic E-state index is 2.64. The molecule has 53 heavy (non-hydrogen) atoms.